The van der Waals surface area contributed by atoms with Crippen molar-refractivity contribution in [1.29, 1.82) is 0 Å². The summed E-state index contributed by atoms with van der Waals surface area (Å²) in [5.41, 5.74) is 1.07. The predicted molar refractivity (Wildman–Crippen MR) is 98.8 cm³/mol. The van der Waals surface area contributed by atoms with Crippen molar-refractivity contribution in [3.05, 3.63) is 60.2 Å². The van der Waals surface area contributed by atoms with Crippen LogP contribution in [0.25, 0.3) is 0 Å². The SMILES string of the molecule is CC[C@H](Oc1ccccc1)C(=O)Nc1cccc(C(=O)NC(C)C)c1. The summed E-state index contributed by atoms with van der Waals surface area (Å²) in [6.45, 7) is 5.69. The summed E-state index contributed by atoms with van der Waals surface area (Å²) in [5.74, 6) is 0.237. The van der Waals surface area contributed by atoms with Gasteiger partial charge in [0.2, 0.25) is 0 Å². The van der Waals surface area contributed by atoms with E-state index in [1.54, 1.807) is 24.3 Å². The first kappa shape index (κ1) is 18.5. The molecule has 2 N–H and O–H groups in total. The van der Waals surface area contributed by atoms with Crippen LogP contribution in [0.2, 0.25) is 0 Å². The zero-order valence-electron chi connectivity index (χ0n) is 14.8. The average Bonchev–Trinajstić information content (AvgIpc) is 2.60. The Kier molecular flexibility index (Phi) is 6.57. The van der Waals surface area contributed by atoms with E-state index in [1.807, 2.05) is 51.1 Å². The molecule has 2 rings (SSSR count). The van der Waals surface area contributed by atoms with Gasteiger partial charge in [-0.3, -0.25) is 9.59 Å². The van der Waals surface area contributed by atoms with E-state index in [2.05, 4.69) is 10.6 Å². The molecule has 2 aromatic rings. The minimum atomic E-state index is -0.601. The van der Waals surface area contributed by atoms with Gasteiger partial charge in [-0.05, 0) is 50.6 Å². The van der Waals surface area contributed by atoms with Crippen LogP contribution in [0.1, 0.15) is 37.6 Å². The maximum Gasteiger partial charge on any atom is 0.265 e. The predicted octanol–water partition coefficient (Wildman–Crippen LogP) is 3.62. The zero-order chi connectivity index (χ0) is 18.2. The van der Waals surface area contributed by atoms with E-state index < -0.39 is 6.10 Å². The molecule has 0 radical (unpaired) electrons. The minimum absolute atomic E-state index is 0.0505. The molecule has 0 unspecified atom stereocenters. The van der Waals surface area contributed by atoms with Gasteiger partial charge in [-0.15, -0.1) is 0 Å². The first-order valence-electron chi connectivity index (χ1n) is 8.43. The van der Waals surface area contributed by atoms with Crippen LogP contribution in [0.3, 0.4) is 0 Å². The molecule has 2 amide bonds. The molecule has 2 aromatic carbocycles. The molecule has 0 aliphatic rings. The van der Waals surface area contributed by atoms with E-state index in [1.165, 1.54) is 0 Å². The fourth-order valence-electron chi connectivity index (χ4n) is 2.29. The Morgan fingerprint density at radius 1 is 1.04 bits per heavy atom. The highest BCUT2D eigenvalue weighted by molar-refractivity contribution is 5.98. The van der Waals surface area contributed by atoms with Gasteiger partial charge in [-0.2, -0.15) is 0 Å². The van der Waals surface area contributed by atoms with E-state index in [4.69, 9.17) is 4.74 Å². The molecular formula is C20H24N2O3. The average molecular weight is 340 g/mol. The summed E-state index contributed by atoms with van der Waals surface area (Å²) >= 11 is 0. The quantitative estimate of drug-likeness (QED) is 0.809. The molecule has 25 heavy (non-hydrogen) atoms. The Hall–Kier alpha value is -2.82. The van der Waals surface area contributed by atoms with Gasteiger partial charge in [0.15, 0.2) is 6.10 Å². The van der Waals surface area contributed by atoms with Gasteiger partial charge in [-0.1, -0.05) is 31.2 Å². The molecule has 0 aromatic heterocycles. The second kappa shape index (κ2) is 8.87. The summed E-state index contributed by atoms with van der Waals surface area (Å²) in [6.07, 6.45) is -0.0654. The summed E-state index contributed by atoms with van der Waals surface area (Å²) in [7, 11) is 0. The summed E-state index contributed by atoms with van der Waals surface area (Å²) in [6, 6.07) is 16.1. The molecule has 132 valence electrons. The third-order valence-corrected chi connectivity index (χ3v) is 3.50. The Morgan fingerprint density at radius 2 is 1.76 bits per heavy atom. The number of amides is 2. The molecule has 0 spiro atoms. The number of carbonyl (C=O) groups is 2. The molecule has 0 fully saturated rings. The van der Waals surface area contributed by atoms with Crippen LogP contribution in [0, 0.1) is 0 Å². The second-order valence-corrected chi connectivity index (χ2v) is 6.03. The number of benzene rings is 2. The van der Waals surface area contributed by atoms with Crippen molar-refractivity contribution in [1.82, 2.24) is 5.32 Å². The fourth-order valence-corrected chi connectivity index (χ4v) is 2.29. The molecule has 0 aliphatic heterocycles. The maximum atomic E-state index is 12.5. The van der Waals surface area contributed by atoms with Gasteiger partial charge in [0, 0.05) is 17.3 Å². The van der Waals surface area contributed by atoms with Crippen molar-refractivity contribution in [3.63, 3.8) is 0 Å². The van der Waals surface area contributed by atoms with Gasteiger partial charge in [0.1, 0.15) is 5.75 Å². The van der Waals surface area contributed by atoms with Crippen molar-refractivity contribution in [2.75, 3.05) is 5.32 Å². The minimum Gasteiger partial charge on any atom is -0.481 e. The number of nitrogens with one attached hydrogen (secondary N) is 2. The lowest BCUT2D eigenvalue weighted by atomic mass is 10.1. The lowest BCUT2D eigenvalue weighted by Crippen LogP contribution is -2.32. The second-order valence-electron chi connectivity index (χ2n) is 6.03. The molecule has 0 bridgehead atoms. The van der Waals surface area contributed by atoms with Crippen molar-refractivity contribution < 1.29 is 14.3 Å². The third-order valence-electron chi connectivity index (χ3n) is 3.50. The van der Waals surface area contributed by atoms with Gasteiger partial charge in [-0.25, -0.2) is 0 Å². The monoisotopic (exact) mass is 340 g/mol. The molecule has 0 saturated carbocycles. The standard InChI is InChI=1S/C20H24N2O3/c1-4-18(25-17-11-6-5-7-12-17)20(24)22-16-10-8-9-15(13-16)19(23)21-14(2)3/h5-14,18H,4H2,1-3H3,(H,21,23)(H,22,24)/t18-/m0/s1. The van der Waals surface area contributed by atoms with E-state index in [0.717, 1.165) is 0 Å². The summed E-state index contributed by atoms with van der Waals surface area (Å²) < 4.78 is 5.74. The van der Waals surface area contributed by atoms with Crippen LogP contribution in [0.15, 0.2) is 54.6 Å². The molecule has 1 atom stereocenters. The van der Waals surface area contributed by atoms with Crippen molar-refractivity contribution in [3.8, 4) is 5.75 Å². The van der Waals surface area contributed by atoms with Crippen molar-refractivity contribution in [2.45, 2.75) is 39.3 Å². The van der Waals surface area contributed by atoms with Gasteiger partial charge in [0.05, 0.1) is 0 Å². The van der Waals surface area contributed by atoms with Crippen molar-refractivity contribution in [2.24, 2.45) is 0 Å². The van der Waals surface area contributed by atoms with Gasteiger partial charge >= 0.3 is 0 Å². The molecule has 5 nitrogen and oxygen atoms in total. The summed E-state index contributed by atoms with van der Waals surface area (Å²) in [4.78, 5) is 24.5. The third kappa shape index (κ3) is 5.64. The smallest absolute Gasteiger partial charge is 0.265 e. The van der Waals surface area contributed by atoms with E-state index in [0.29, 0.717) is 23.4 Å². The molecular weight excluding hydrogens is 316 g/mol. The highest BCUT2D eigenvalue weighted by atomic mass is 16.5. The first-order chi connectivity index (χ1) is 12.0. The Morgan fingerprint density at radius 3 is 2.40 bits per heavy atom. The van der Waals surface area contributed by atoms with Crippen LogP contribution in [0.4, 0.5) is 5.69 Å². The number of ether oxygens (including phenoxy) is 1. The lowest BCUT2D eigenvalue weighted by molar-refractivity contribution is -0.122. The van der Waals surface area contributed by atoms with Crippen LogP contribution < -0.4 is 15.4 Å². The zero-order valence-corrected chi connectivity index (χ0v) is 14.8. The van der Waals surface area contributed by atoms with Crippen LogP contribution in [0.5, 0.6) is 5.75 Å². The number of carbonyl (C=O) groups excluding carboxylic acids is 2. The van der Waals surface area contributed by atoms with E-state index in [9.17, 15) is 9.59 Å². The van der Waals surface area contributed by atoms with Gasteiger partial charge < -0.3 is 15.4 Å². The van der Waals surface area contributed by atoms with Crippen LogP contribution >= 0.6 is 0 Å². The molecule has 5 heteroatoms. The lowest BCUT2D eigenvalue weighted by Gasteiger charge is -2.17. The number of hydrogen-bond donors (Lipinski definition) is 2. The molecule has 0 saturated heterocycles. The number of para-hydroxylation sites is 1. The van der Waals surface area contributed by atoms with Crippen LogP contribution in [-0.4, -0.2) is 24.0 Å². The van der Waals surface area contributed by atoms with Crippen LogP contribution in [-0.2, 0) is 4.79 Å². The van der Waals surface area contributed by atoms with E-state index in [-0.39, 0.29) is 17.9 Å². The first-order valence-corrected chi connectivity index (χ1v) is 8.43. The summed E-state index contributed by atoms with van der Waals surface area (Å²) in [5, 5.41) is 5.65. The molecule has 0 heterocycles. The highest BCUT2D eigenvalue weighted by Crippen LogP contribution is 2.15. The maximum absolute atomic E-state index is 12.5. The Labute approximate surface area is 148 Å². The topological polar surface area (TPSA) is 67.4 Å². The van der Waals surface area contributed by atoms with E-state index >= 15 is 0 Å². The Balaban J connectivity index is 2.04. The van der Waals surface area contributed by atoms with Gasteiger partial charge in [0.25, 0.3) is 11.8 Å². The normalized spacial score (nSPS) is 11.7. The largest absolute Gasteiger partial charge is 0.481 e. The number of rotatable bonds is 7. The number of hydrogen-bond acceptors (Lipinski definition) is 3. The fraction of sp³-hybridized carbons (Fsp3) is 0.300. The highest BCUT2D eigenvalue weighted by Gasteiger charge is 2.19. The number of anilines is 1. The Bertz CT molecular complexity index is 714. The molecule has 0 aliphatic carbocycles. The van der Waals surface area contributed by atoms with Crippen molar-refractivity contribution >= 4 is 17.5 Å².